The third-order valence-electron chi connectivity index (χ3n) is 3.32. The van der Waals surface area contributed by atoms with Crippen molar-refractivity contribution in [2.45, 2.75) is 19.3 Å². The molecule has 0 atom stereocenters. The summed E-state index contributed by atoms with van der Waals surface area (Å²) in [5.74, 6) is 6.45. The van der Waals surface area contributed by atoms with Gasteiger partial charge in [0.15, 0.2) is 11.5 Å². The molecule has 104 valence electrons. The minimum atomic E-state index is -0.753. The topological polar surface area (TPSA) is 87.0 Å². The van der Waals surface area contributed by atoms with Crippen LogP contribution in [0, 0.1) is 11.8 Å². The highest BCUT2D eigenvalue weighted by Gasteiger charge is 2.08. The first-order valence-electron chi connectivity index (χ1n) is 6.62. The summed E-state index contributed by atoms with van der Waals surface area (Å²) in [7, 11) is 0. The van der Waals surface area contributed by atoms with Crippen molar-refractivity contribution in [3.8, 4) is 11.8 Å². The van der Waals surface area contributed by atoms with Crippen LogP contribution in [0.5, 0.6) is 0 Å². The van der Waals surface area contributed by atoms with E-state index in [0.29, 0.717) is 16.1 Å². The van der Waals surface area contributed by atoms with Gasteiger partial charge in [-0.05, 0) is 31.9 Å². The smallest absolute Gasteiger partial charge is 0.382 e. The molecule has 0 saturated carbocycles. The average Bonchev–Trinajstić information content (AvgIpc) is 2.82. The number of imidazole rings is 1. The molecular formula is C13H15N5O2. The second-order valence-electron chi connectivity index (χ2n) is 4.83. The largest absolute Gasteiger partial charge is 0.424 e. The van der Waals surface area contributed by atoms with Crippen LogP contribution >= 0.6 is 0 Å². The number of H-pyrrole nitrogens is 1. The maximum absolute atomic E-state index is 11.2. The second-order valence-corrected chi connectivity index (χ2v) is 4.83. The lowest BCUT2D eigenvalue weighted by Crippen LogP contribution is -2.29. The summed E-state index contributed by atoms with van der Waals surface area (Å²) in [6.07, 6.45) is 5.02. The normalized spacial score (nSPS) is 16.0. The third-order valence-corrected chi connectivity index (χ3v) is 3.32. The Labute approximate surface area is 115 Å². The number of aromatic amines is 1. The number of rotatable bonds is 1. The van der Waals surface area contributed by atoms with Gasteiger partial charge in [-0.25, -0.2) is 9.78 Å². The van der Waals surface area contributed by atoms with Crippen molar-refractivity contribution in [3.63, 3.8) is 0 Å². The highest BCUT2D eigenvalue weighted by Crippen LogP contribution is 2.07. The summed E-state index contributed by atoms with van der Waals surface area (Å²) in [5, 5.41) is 9.22. The van der Waals surface area contributed by atoms with Crippen molar-refractivity contribution in [2.75, 3.05) is 19.6 Å². The van der Waals surface area contributed by atoms with Crippen LogP contribution < -0.4 is 5.69 Å². The molecule has 2 aromatic heterocycles. The van der Waals surface area contributed by atoms with E-state index < -0.39 is 5.69 Å². The van der Waals surface area contributed by atoms with Crippen molar-refractivity contribution >= 4 is 11.2 Å². The molecule has 7 nitrogen and oxygen atoms in total. The molecule has 1 aliphatic rings. The van der Waals surface area contributed by atoms with Crippen LogP contribution in [0.3, 0.4) is 0 Å². The van der Waals surface area contributed by atoms with E-state index in [-0.39, 0.29) is 5.65 Å². The van der Waals surface area contributed by atoms with Crippen molar-refractivity contribution in [3.05, 3.63) is 22.5 Å². The van der Waals surface area contributed by atoms with E-state index >= 15 is 0 Å². The molecule has 0 aliphatic carbocycles. The Hall–Kier alpha value is -2.33. The maximum Gasteiger partial charge on any atom is 0.382 e. The van der Waals surface area contributed by atoms with Crippen molar-refractivity contribution in [2.24, 2.45) is 0 Å². The number of likely N-dealkylation sites (tertiary alicyclic amines) is 1. The number of hydrogen-bond acceptors (Lipinski definition) is 5. The van der Waals surface area contributed by atoms with E-state index in [1.807, 2.05) is 0 Å². The first-order chi connectivity index (χ1) is 9.72. The summed E-state index contributed by atoms with van der Waals surface area (Å²) < 4.78 is 0.422. The van der Waals surface area contributed by atoms with E-state index in [9.17, 15) is 10.0 Å². The fourth-order valence-electron chi connectivity index (χ4n) is 2.28. The van der Waals surface area contributed by atoms with Crippen LogP contribution in [-0.4, -0.2) is 49.4 Å². The quantitative estimate of drug-likeness (QED) is 0.572. The first-order valence-corrected chi connectivity index (χ1v) is 6.62. The van der Waals surface area contributed by atoms with Crippen LogP contribution in [0.25, 0.3) is 11.2 Å². The molecule has 1 fully saturated rings. The predicted molar refractivity (Wildman–Crippen MR) is 72.5 cm³/mol. The van der Waals surface area contributed by atoms with Gasteiger partial charge < -0.3 is 10.2 Å². The Balaban J connectivity index is 1.76. The molecule has 3 rings (SSSR count). The fourth-order valence-corrected chi connectivity index (χ4v) is 2.28. The van der Waals surface area contributed by atoms with Gasteiger partial charge in [-0.2, -0.15) is 4.98 Å². The molecule has 7 heteroatoms. The van der Waals surface area contributed by atoms with Crippen molar-refractivity contribution in [1.29, 1.82) is 0 Å². The van der Waals surface area contributed by atoms with Crippen LogP contribution in [-0.2, 0) is 0 Å². The van der Waals surface area contributed by atoms with E-state index in [1.54, 1.807) is 0 Å². The second kappa shape index (κ2) is 5.35. The molecule has 0 spiro atoms. The SMILES string of the molecule is O=c1nc2nc(C#CCN3CCCCC3)[nH]c2cn1O. The highest BCUT2D eigenvalue weighted by molar-refractivity contribution is 5.69. The lowest BCUT2D eigenvalue weighted by atomic mass is 10.1. The maximum atomic E-state index is 11.2. The zero-order valence-corrected chi connectivity index (χ0v) is 11.0. The monoisotopic (exact) mass is 273 g/mol. The summed E-state index contributed by atoms with van der Waals surface area (Å²) in [6.45, 7) is 2.91. The Morgan fingerprint density at radius 1 is 1.30 bits per heavy atom. The molecule has 0 unspecified atom stereocenters. The van der Waals surface area contributed by atoms with Gasteiger partial charge in [-0.3, -0.25) is 4.90 Å². The van der Waals surface area contributed by atoms with Gasteiger partial charge >= 0.3 is 5.69 Å². The molecule has 1 saturated heterocycles. The Bertz CT molecular complexity index is 731. The predicted octanol–water partition coefficient (Wildman–Crippen LogP) is 0.194. The Kier molecular flexibility index (Phi) is 3.39. The van der Waals surface area contributed by atoms with E-state index in [2.05, 4.69) is 31.7 Å². The van der Waals surface area contributed by atoms with Gasteiger partial charge in [0, 0.05) is 0 Å². The van der Waals surface area contributed by atoms with Crippen molar-refractivity contribution in [1.82, 2.24) is 24.6 Å². The molecule has 20 heavy (non-hydrogen) atoms. The van der Waals surface area contributed by atoms with Crippen LogP contribution in [0.15, 0.2) is 11.0 Å². The lowest BCUT2D eigenvalue weighted by molar-refractivity contribution is 0.171. The van der Waals surface area contributed by atoms with Crippen LogP contribution in [0.1, 0.15) is 25.1 Å². The number of piperidine rings is 1. The van der Waals surface area contributed by atoms with Gasteiger partial charge in [-0.1, -0.05) is 12.3 Å². The molecule has 2 aromatic rings. The van der Waals surface area contributed by atoms with Gasteiger partial charge in [0.25, 0.3) is 0 Å². The number of aromatic nitrogens is 4. The Morgan fingerprint density at radius 2 is 2.10 bits per heavy atom. The zero-order chi connectivity index (χ0) is 13.9. The molecule has 0 aromatic carbocycles. The summed E-state index contributed by atoms with van der Waals surface area (Å²) >= 11 is 0. The standard InChI is InChI=1S/C13H15N5O2/c19-13-16-12-10(9-18(13)20)14-11(15-12)5-4-8-17-6-2-1-3-7-17/h9,20H,1-3,6-8H2,(H,14,15,16,19). The highest BCUT2D eigenvalue weighted by atomic mass is 16.5. The average molecular weight is 273 g/mol. The molecular weight excluding hydrogens is 258 g/mol. The lowest BCUT2D eigenvalue weighted by Gasteiger charge is -2.23. The van der Waals surface area contributed by atoms with E-state index in [1.165, 1.54) is 25.5 Å². The fraction of sp³-hybridized carbons (Fsp3) is 0.462. The minimum Gasteiger partial charge on any atom is -0.424 e. The summed E-state index contributed by atoms with van der Waals surface area (Å²) in [6, 6.07) is 0. The third kappa shape index (κ3) is 2.65. The molecule has 2 N–H and O–H groups in total. The van der Waals surface area contributed by atoms with E-state index in [0.717, 1.165) is 19.6 Å². The van der Waals surface area contributed by atoms with E-state index in [4.69, 9.17) is 0 Å². The number of nitrogens with one attached hydrogen (secondary N) is 1. The van der Waals surface area contributed by atoms with Gasteiger partial charge in [0.2, 0.25) is 0 Å². The molecule has 1 aliphatic heterocycles. The van der Waals surface area contributed by atoms with Gasteiger partial charge in [-0.15, -0.1) is 4.73 Å². The van der Waals surface area contributed by atoms with Crippen LogP contribution in [0.2, 0.25) is 0 Å². The molecule has 0 amide bonds. The van der Waals surface area contributed by atoms with Crippen LogP contribution in [0.4, 0.5) is 0 Å². The minimum absolute atomic E-state index is 0.266. The summed E-state index contributed by atoms with van der Waals surface area (Å²) in [5.41, 5.74) is -0.00577. The molecule has 3 heterocycles. The van der Waals surface area contributed by atoms with Gasteiger partial charge in [0.1, 0.15) is 5.52 Å². The van der Waals surface area contributed by atoms with Gasteiger partial charge in [0.05, 0.1) is 12.7 Å². The summed E-state index contributed by atoms with van der Waals surface area (Å²) in [4.78, 5) is 24.1. The molecule has 0 bridgehead atoms. The zero-order valence-electron chi connectivity index (χ0n) is 11.0. The Morgan fingerprint density at radius 3 is 2.90 bits per heavy atom. The number of nitrogens with zero attached hydrogens (tertiary/aromatic N) is 4. The molecule has 0 radical (unpaired) electrons. The first kappa shape index (κ1) is 12.7. The number of hydrogen-bond donors (Lipinski definition) is 2. The van der Waals surface area contributed by atoms with Crippen molar-refractivity contribution < 1.29 is 5.21 Å². The number of fused-ring (bicyclic) bond motifs is 1.